The van der Waals surface area contributed by atoms with E-state index < -0.39 is 124 Å². The molecule has 76 heavy (non-hydrogen) atoms. The number of aromatic carboxylic acids is 1. The first-order valence-corrected chi connectivity index (χ1v) is 27.5. The van der Waals surface area contributed by atoms with Gasteiger partial charge < -0.3 is 83.0 Å². The number of pyridine rings is 1. The van der Waals surface area contributed by atoms with Crippen molar-refractivity contribution in [1.29, 1.82) is 0 Å². The van der Waals surface area contributed by atoms with E-state index in [0.29, 0.717) is 36.8 Å². The molecular formula is C53H83IN4O18. The van der Waals surface area contributed by atoms with Gasteiger partial charge in [0.1, 0.15) is 29.0 Å². The number of benzene rings is 1. The van der Waals surface area contributed by atoms with Gasteiger partial charge in [0.2, 0.25) is 5.43 Å². The van der Waals surface area contributed by atoms with Crippen molar-refractivity contribution in [2.75, 3.05) is 60.1 Å². The van der Waals surface area contributed by atoms with Gasteiger partial charge in [-0.3, -0.25) is 14.3 Å². The molecule has 0 unspecified atom stereocenters. The molecule has 4 fully saturated rings. The number of rotatable bonds is 16. The largest absolute Gasteiger partial charge is 0.477 e. The van der Waals surface area contributed by atoms with Crippen LogP contribution in [-0.2, 0) is 58.6 Å². The molecule has 1 aromatic carbocycles. The number of amides is 1. The van der Waals surface area contributed by atoms with Crippen LogP contribution in [-0.4, -0.2) is 198 Å². The van der Waals surface area contributed by atoms with Crippen molar-refractivity contribution in [2.24, 2.45) is 17.8 Å². The highest BCUT2D eigenvalue weighted by Crippen LogP contribution is 2.44. The number of nitrogens with zero attached hydrogens (tertiary/aromatic N) is 3. The normalized spacial score (nSPS) is 38.6. The van der Waals surface area contributed by atoms with Crippen LogP contribution in [0.25, 0.3) is 10.9 Å². The number of aliphatic hydroxyl groups excluding tert-OH is 1. The second-order valence-electron chi connectivity index (χ2n) is 22.3. The number of methoxy groups -OCH3 is 1. The molecule has 0 aliphatic carbocycles. The van der Waals surface area contributed by atoms with Gasteiger partial charge in [-0.15, -0.1) is 0 Å². The number of carboxylic acids is 1. The SMILES string of the molecule is CO[C@]1(C)C[C@H](O[C@H]2[C@H](C)[C@@H](O[C@@H]3O[C@H](C)C[C@H](N(C)C)[C@H]3O)[C@](C)(O)C[C@@H](C)[C@@H]3O[C@H](C)O[C@H]3[C@](C)(O)[C@@H](I)OC(=O)[C@@H]2C)O[C@@H](C)[C@@H]1OC(=O)NCCOCCCc1ccc2c(c1)c(=O)c(C(=O)O)cn2N(C)C. The fraction of sp³-hybridized carbons (Fsp3) is 0.774. The van der Waals surface area contributed by atoms with Crippen LogP contribution in [0.15, 0.2) is 29.2 Å². The molecule has 23 heteroatoms. The van der Waals surface area contributed by atoms with Gasteiger partial charge in [-0.2, -0.15) is 0 Å². The number of esters is 1. The van der Waals surface area contributed by atoms with Gasteiger partial charge in [-0.25, -0.2) is 9.59 Å². The Morgan fingerprint density at radius 2 is 1.63 bits per heavy atom. The second-order valence-corrected chi connectivity index (χ2v) is 23.4. The predicted octanol–water partition coefficient (Wildman–Crippen LogP) is 3.93. The Bertz CT molecular complexity index is 2370. The summed E-state index contributed by atoms with van der Waals surface area (Å²) in [7, 11) is 8.72. The van der Waals surface area contributed by atoms with Crippen molar-refractivity contribution in [2.45, 2.75) is 189 Å². The van der Waals surface area contributed by atoms with Crippen molar-refractivity contribution < 1.29 is 82.2 Å². The van der Waals surface area contributed by atoms with Crippen molar-refractivity contribution in [3.05, 3.63) is 45.7 Å². The zero-order valence-electron chi connectivity index (χ0n) is 46.4. The van der Waals surface area contributed by atoms with E-state index in [2.05, 4.69) is 5.32 Å². The summed E-state index contributed by atoms with van der Waals surface area (Å²) in [5, 5.41) is 50.9. The third-order valence-corrected chi connectivity index (χ3v) is 17.0. The summed E-state index contributed by atoms with van der Waals surface area (Å²) in [5.74, 6) is -4.39. The summed E-state index contributed by atoms with van der Waals surface area (Å²) in [6, 6.07) is 5.06. The number of carboxylic acid groups (broad SMARTS) is 1. The van der Waals surface area contributed by atoms with Crippen molar-refractivity contribution in [3.8, 4) is 0 Å². The smallest absolute Gasteiger partial charge is 0.407 e. The summed E-state index contributed by atoms with van der Waals surface area (Å²) in [6.07, 6.45) is -7.73. The zero-order chi connectivity index (χ0) is 56.4. The number of likely N-dealkylation sites (N-methyl/N-ethyl adjacent to an activating group) is 1. The first kappa shape index (κ1) is 61.9. The number of fused-ring (bicyclic) bond motifs is 2. The Balaban J connectivity index is 1.13. The van der Waals surface area contributed by atoms with Gasteiger partial charge in [-0.1, -0.05) is 19.9 Å². The van der Waals surface area contributed by atoms with Crippen LogP contribution in [0.4, 0.5) is 4.79 Å². The maximum Gasteiger partial charge on any atom is 0.407 e. The number of carbonyl (C=O) groups is 3. The Labute approximate surface area is 459 Å². The molecule has 6 rings (SSSR count). The molecule has 0 spiro atoms. The minimum atomic E-state index is -1.74. The van der Waals surface area contributed by atoms with E-state index in [1.54, 1.807) is 77.5 Å². The summed E-state index contributed by atoms with van der Waals surface area (Å²) in [4.78, 5) is 54.4. The second kappa shape index (κ2) is 25.4. The average Bonchev–Trinajstić information content (AvgIpc) is 3.76. The summed E-state index contributed by atoms with van der Waals surface area (Å²) < 4.78 is 63.1. The van der Waals surface area contributed by atoms with E-state index in [0.717, 1.165) is 5.56 Å². The van der Waals surface area contributed by atoms with Crippen LogP contribution in [0.3, 0.4) is 0 Å². The third kappa shape index (κ3) is 14.0. The number of cyclic esters (lactones) is 1. The predicted molar refractivity (Wildman–Crippen MR) is 286 cm³/mol. The molecular weight excluding hydrogens is 1110 g/mol. The molecule has 22 nitrogen and oxygen atoms in total. The van der Waals surface area contributed by atoms with E-state index in [4.69, 9.17) is 47.4 Å². The van der Waals surface area contributed by atoms with Crippen LogP contribution in [0.2, 0.25) is 0 Å². The fourth-order valence-corrected chi connectivity index (χ4v) is 11.9. The quantitative estimate of drug-likeness (QED) is 0.0690. The first-order valence-electron chi connectivity index (χ1n) is 26.2. The number of aryl methyl sites for hydroxylation is 1. The molecule has 19 atom stereocenters. The zero-order valence-corrected chi connectivity index (χ0v) is 48.6. The molecule has 5 N–H and O–H groups in total. The van der Waals surface area contributed by atoms with Crippen LogP contribution in [0.1, 0.15) is 104 Å². The minimum Gasteiger partial charge on any atom is -0.477 e. The summed E-state index contributed by atoms with van der Waals surface area (Å²) in [6.45, 7) is 16.2. The number of carbonyl (C=O) groups excluding carboxylic acids is 2. The van der Waals surface area contributed by atoms with Crippen LogP contribution in [0.5, 0.6) is 0 Å². The van der Waals surface area contributed by atoms with Crippen LogP contribution < -0.4 is 15.8 Å². The number of alkyl carbamates (subject to hydrolysis) is 1. The van der Waals surface area contributed by atoms with E-state index >= 15 is 0 Å². The lowest BCUT2D eigenvalue weighted by atomic mass is 9.76. The lowest BCUT2D eigenvalue weighted by Crippen LogP contribution is -2.61. The number of halogens is 1. The van der Waals surface area contributed by atoms with Crippen LogP contribution in [0, 0.1) is 17.8 Å². The molecule has 0 bridgehead atoms. The Hall–Kier alpha value is -3.31. The van der Waals surface area contributed by atoms with E-state index in [-0.39, 0.29) is 43.7 Å². The van der Waals surface area contributed by atoms with Gasteiger partial charge in [0.25, 0.3) is 0 Å². The molecule has 430 valence electrons. The monoisotopic (exact) mass is 1190 g/mol. The maximum absolute atomic E-state index is 14.4. The van der Waals surface area contributed by atoms with E-state index in [9.17, 15) is 39.6 Å². The van der Waals surface area contributed by atoms with Crippen molar-refractivity contribution in [1.82, 2.24) is 14.9 Å². The highest BCUT2D eigenvalue weighted by molar-refractivity contribution is 14.1. The van der Waals surface area contributed by atoms with Gasteiger partial charge in [-0.05, 0) is 134 Å². The molecule has 1 amide bonds. The molecule has 4 saturated heterocycles. The molecule has 1 aromatic heterocycles. The number of nitrogens with one attached hydrogen (secondary N) is 1. The van der Waals surface area contributed by atoms with Gasteiger partial charge >= 0.3 is 18.0 Å². The fourth-order valence-electron chi connectivity index (χ4n) is 11.3. The molecule has 0 saturated carbocycles. The number of hydrogen-bond acceptors (Lipinski definition) is 19. The number of aliphatic hydroxyl groups is 3. The van der Waals surface area contributed by atoms with Crippen molar-refractivity contribution >= 4 is 51.5 Å². The lowest BCUT2D eigenvalue weighted by molar-refractivity contribution is -0.317. The number of alkyl halides is 1. The third-order valence-electron chi connectivity index (χ3n) is 15.5. The minimum absolute atomic E-state index is 0.0227. The standard InChI is InChI=1S/C53H83IN4O18/c1-27-24-51(7,65)43(74-48-40(60)37(56(10)11)22-28(2)69-48)29(3)42(30(4)47(63)76-49(54)53(9,66)45-41(27)71-32(6)72-45)73-38-25-52(8,67-14)44(31(5)70-38)75-50(64)55-19-21-68-20-15-16-33-17-18-36-34(23-33)39(59)35(46(61)62)26-58(36)57(12)13/h17-18,23,26-32,37-38,40-45,48-49,60,65-66H,15-16,19-22,24-25H2,1-14H3,(H,55,64)(H,61,62)/t27-,28-,29+,30-,31+,32+,37+,38+,40-,41+,42+,43-,44+,45-,48+,49+,51-,52-,53+/m1/s1. The molecule has 0 radical (unpaired) electrons. The highest BCUT2D eigenvalue weighted by atomic mass is 127. The Morgan fingerprint density at radius 3 is 2.28 bits per heavy atom. The summed E-state index contributed by atoms with van der Waals surface area (Å²) in [5.41, 5.74) is -4.08. The van der Waals surface area contributed by atoms with Gasteiger partial charge in [0.05, 0.1) is 54.2 Å². The molecule has 2 aromatic rings. The average molecular weight is 1190 g/mol. The van der Waals surface area contributed by atoms with E-state index in [1.807, 2.05) is 61.5 Å². The van der Waals surface area contributed by atoms with Crippen LogP contribution >= 0.6 is 22.6 Å². The number of aromatic nitrogens is 1. The molecule has 4 aliphatic heterocycles. The van der Waals surface area contributed by atoms with Gasteiger partial charge in [0, 0.05) is 64.3 Å². The van der Waals surface area contributed by atoms with Crippen molar-refractivity contribution in [3.63, 3.8) is 0 Å². The van der Waals surface area contributed by atoms with E-state index in [1.165, 1.54) is 20.2 Å². The number of ether oxygens (including phenoxy) is 10. The Morgan fingerprint density at radius 1 is 0.934 bits per heavy atom. The lowest BCUT2D eigenvalue weighted by Gasteiger charge is -2.49. The van der Waals surface area contributed by atoms with Gasteiger partial charge in [0.15, 0.2) is 29.1 Å². The number of hydrogen-bond donors (Lipinski definition) is 5. The first-order chi connectivity index (χ1) is 35.5. The summed E-state index contributed by atoms with van der Waals surface area (Å²) >= 11 is 1.88. The topological polar surface area (TPSA) is 265 Å². The highest BCUT2D eigenvalue weighted by Gasteiger charge is 2.57. The Kier molecular flexibility index (Phi) is 20.7. The molecule has 5 heterocycles. The molecule has 4 aliphatic rings. The maximum atomic E-state index is 14.4.